The smallest absolute Gasteiger partial charge is 0.131 e. The maximum absolute atomic E-state index is 5.98. The van der Waals surface area contributed by atoms with E-state index in [1.807, 2.05) is 30.3 Å². The van der Waals surface area contributed by atoms with Crippen molar-refractivity contribution < 1.29 is 9.47 Å². The van der Waals surface area contributed by atoms with Gasteiger partial charge in [0.15, 0.2) is 0 Å². The van der Waals surface area contributed by atoms with Crippen molar-refractivity contribution in [1.29, 1.82) is 0 Å². The molecule has 0 aliphatic rings. The second kappa shape index (κ2) is 6.96. The molecular formula is C17H21NO2. The molecule has 0 atom stereocenters. The van der Waals surface area contributed by atoms with Gasteiger partial charge in [0.05, 0.1) is 7.11 Å². The lowest BCUT2D eigenvalue weighted by Gasteiger charge is -2.13. The highest BCUT2D eigenvalue weighted by Crippen LogP contribution is 2.28. The van der Waals surface area contributed by atoms with Gasteiger partial charge in [-0.1, -0.05) is 30.7 Å². The Bertz CT molecular complexity index is 567. The molecule has 0 radical (unpaired) electrons. The van der Waals surface area contributed by atoms with Gasteiger partial charge in [-0.25, -0.2) is 0 Å². The summed E-state index contributed by atoms with van der Waals surface area (Å²) < 4.78 is 11.2. The van der Waals surface area contributed by atoms with E-state index in [0.29, 0.717) is 0 Å². The number of ether oxygens (including phenoxy) is 2. The monoisotopic (exact) mass is 271 g/mol. The number of nitrogens with one attached hydrogen (secondary N) is 1. The van der Waals surface area contributed by atoms with Crippen molar-refractivity contribution in [2.75, 3.05) is 13.7 Å². The van der Waals surface area contributed by atoms with Gasteiger partial charge in [-0.05, 0) is 31.7 Å². The second-order valence-electron chi connectivity index (χ2n) is 4.67. The average molecular weight is 271 g/mol. The SMILES string of the molecule is CCNCc1cc(C)ccc1Oc1cccc(OC)c1. The molecule has 2 aromatic carbocycles. The van der Waals surface area contributed by atoms with E-state index in [0.717, 1.165) is 35.9 Å². The lowest BCUT2D eigenvalue weighted by Crippen LogP contribution is -2.12. The Balaban J connectivity index is 2.22. The van der Waals surface area contributed by atoms with Gasteiger partial charge in [0.25, 0.3) is 0 Å². The zero-order chi connectivity index (χ0) is 14.4. The topological polar surface area (TPSA) is 30.5 Å². The number of rotatable bonds is 6. The summed E-state index contributed by atoms with van der Waals surface area (Å²) in [5, 5.41) is 3.34. The fourth-order valence-corrected chi connectivity index (χ4v) is 2.00. The molecule has 1 N–H and O–H groups in total. The van der Waals surface area contributed by atoms with Gasteiger partial charge >= 0.3 is 0 Å². The van der Waals surface area contributed by atoms with Crippen LogP contribution in [0.3, 0.4) is 0 Å². The molecule has 0 saturated carbocycles. The summed E-state index contributed by atoms with van der Waals surface area (Å²) in [6.07, 6.45) is 0. The first-order chi connectivity index (χ1) is 9.72. The molecule has 0 fully saturated rings. The van der Waals surface area contributed by atoms with Crippen LogP contribution < -0.4 is 14.8 Å². The van der Waals surface area contributed by atoms with Crippen LogP contribution in [0.2, 0.25) is 0 Å². The van der Waals surface area contributed by atoms with Gasteiger partial charge in [0, 0.05) is 18.2 Å². The van der Waals surface area contributed by atoms with Crippen molar-refractivity contribution in [1.82, 2.24) is 5.32 Å². The predicted molar refractivity (Wildman–Crippen MR) is 81.6 cm³/mol. The largest absolute Gasteiger partial charge is 0.497 e. The summed E-state index contributed by atoms with van der Waals surface area (Å²) in [6.45, 7) is 5.92. The van der Waals surface area contributed by atoms with Crippen molar-refractivity contribution >= 4 is 0 Å². The standard InChI is InChI=1S/C17H21NO2/c1-4-18-12-14-10-13(2)8-9-17(14)20-16-7-5-6-15(11-16)19-3/h5-11,18H,4,12H2,1-3H3. The number of hydrogen-bond acceptors (Lipinski definition) is 3. The number of benzene rings is 2. The molecule has 0 aromatic heterocycles. The van der Waals surface area contributed by atoms with E-state index in [1.54, 1.807) is 7.11 Å². The van der Waals surface area contributed by atoms with Gasteiger partial charge in [0.1, 0.15) is 17.2 Å². The van der Waals surface area contributed by atoms with Crippen LogP contribution >= 0.6 is 0 Å². The Labute approximate surface area is 120 Å². The van der Waals surface area contributed by atoms with Gasteiger partial charge in [-0.3, -0.25) is 0 Å². The molecule has 20 heavy (non-hydrogen) atoms. The van der Waals surface area contributed by atoms with E-state index >= 15 is 0 Å². The Morgan fingerprint density at radius 1 is 1.05 bits per heavy atom. The van der Waals surface area contributed by atoms with Crippen LogP contribution in [0, 0.1) is 6.92 Å². The number of hydrogen-bond donors (Lipinski definition) is 1. The van der Waals surface area contributed by atoms with E-state index in [2.05, 4.69) is 31.3 Å². The third-order valence-corrected chi connectivity index (χ3v) is 3.05. The molecule has 106 valence electrons. The average Bonchev–Trinajstić information content (AvgIpc) is 2.47. The van der Waals surface area contributed by atoms with Crippen LogP contribution in [0.15, 0.2) is 42.5 Å². The summed E-state index contributed by atoms with van der Waals surface area (Å²) in [6, 6.07) is 13.9. The summed E-state index contributed by atoms with van der Waals surface area (Å²) in [5.74, 6) is 2.46. The summed E-state index contributed by atoms with van der Waals surface area (Å²) in [5.41, 5.74) is 2.39. The van der Waals surface area contributed by atoms with E-state index in [9.17, 15) is 0 Å². The van der Waals surface area contributed by atoms with Crippen LogP contribution in [0.5, 0.6) is 17.2 Å². The van der Waals surface area contributed by atoms with Gasteiger partial charge in [-0.15, -0.1) is 0 Å². The molecule has 0 amide bonds. The molecule has 3 heteroatoms. The third-order valence-electron chi connectivity index (χ3n) is 3.05. The number of methoxy groups -OCH3 is 1. The highest BCUT2D eigenvalue weighted by atomic mass is 16.5. The van der Waals surface area contributed by atoms with Crippen LogP contribution in [0.4, 0.5) is 0 Å². The lowest BCUT2D eigenvalue weighted by molar-refractivity contribution is 0.408. The van der Waals surface area contributed by atoms with Crippen LogP contribution in [-0.2, 0) is 6.54 Å². The van der Waals surface area contributed by atoms with Crippen molar-refractivity contribution in [2.45, 2.75) is 20.4 Å². The first kappa shape index (κ1) is 14.4. The summed E-state index contributed by atoms with van der Waals surface area (Å²) in [4.78, 5) is 0. The normalized spacial score (nSPS) is 10.3. The highest BCUT2D eigenvalue weighted by Gasteiger charge is 2.06. The Morgan fingerprint density at radius 2 is 1.85 bits per heavy atom. The molecule has 2 aromatic rings. The minimum Gasteiger partial charge on any atom is -0.497 e. The molecule has 2 rings (SSSR count). The van der Waals surface area contributed by atoms with Gasteiger partial charge in [-0.2, -0.15) is 0 Å². The molecule has 3 nitrogen and oxygen atoms in total. The Morgan fingerprint density at radius 3 is 2.60 bits per heavy atom. The van der Waals surface area contributed by atoms with Gasteiger partial charge < -0.3 is 14.8 Å². The molecule has 0 spiro atoms. The van der Waals surface area contributed by atoms with E-state index in [4.69, 9.17) is 9.47 Å². The fourth-order valence-electron chi connectivity index (χ4n) is 2.00. The van der Waals surface area contributed by atoms with Crippen molar-refractivity contribution in [3.8, 4) is 17.2 Å². The third kappa shape index (κ3) is 3.75. The fraction of sp³-hybridized carbons (Fsp3) is 0.294. The molecule has 0 aliphatic carbocycles. The predicted octanol–water partition coefficient (Wildman–Crippen LogP) is 3.91. The van der Waals surface area contributed by atoms with Gasteiger partial charge in [0.2, 0.25) is 0 Å². The Hall–Kier alpha value is -2.00. The molecule has 0 heterocycles. The first-order valence-electron chi connectivity index (χ1n) is 6.85. The lowest BCUT2D eigenvalue weighted by atomic mass is 10.1. The first-order valence-corrected chi connectivity index (χ1v) is 6.85. The molecule has 0 unspecified atom stereocenters. The van der Waals surface area contributed by atoms with E-state index in [1.165, 1.54) is 5.56 Å². The molecule has 0 saturated heterocycles. The summed E-state index contributed by atoms with van der Waals surface area (Å²) >= 11 is 0. The van der Waals surface area contributed by atoms with E-state index < -0.39 is 0 Å². The maximum Gasteiger partial charge on any atom is 0.131 e. The minimum absolute atomic E-state index is 0.783. The van der Waals surface area contributed by atoms with E-state index in [-0.39, 0.29) is 0 Å². The van der Waals surface area contributed by atoms with Crippen LogP contribution in [0.1, 0.15) is 18.1 Å². The molecular weight excluding hydrogens is 250 g/mol. The Kier molecular flexibility index (Phi) is 5.02. The number of aryl methyl sites for hydroxylation is 1. The second-order valence-corrected chi connectivity index (χ2v) is 4.67. The van der Waals surface area contributed by atoms with Crippen molar-refractivity contribution in [2.24, 2.45) is 0 Å². The zero-order valence-electron chi connectivity index (χ0n) is 12.3. The van der Waals surface area contributed by atoms with Crippen LogP contribution in [-0.4, -0.2) is 13.7 Å². The highest BCUT2D eigenvalue weighted by molar-refractivity contribution is 5.42. The zero-order valence-corrected chi connectivity index (χ0v) is 12.3. The molecule has 0 bridgehead atoms. The summed E-state index contributed by atoms with van der Waals surface area (Å²) in [7, 11) is 1.65. The van der Waals surface area contributed by atoms with Crippen LogP contribution in [0.25, 0.3) is 0 Å². The minimum atomic E-state index is 0.783. The van der Waals surface area contributed by atoms with Crippen molar-refractivity contribution in [3.05, 3.63) is 53.6 Å². The quantitative estimate of drug-likeness (QED) is 0.864. The molecule has 0 aliphatic heterocycles. The maximum atomic E-state index is 5.98. The van der Waals surface area contributed by atoms with Crippen molar-refractivity contribution in [3.63, 3.8) is 0 Å².